The van der Waals surface area contributed by atoms with E-state index in [-0.39, 0.29) is 23.4 Å². The van der Waals surface area contributed by atoms with E-state index in [0.717, 1.165) is 22.5 Å². The largest absolute Gasteiger partial charge is 0.330 e. The van der Waals surface area contributed by atoms with E-state index in [0.29, 0.717) is 23.1 Å². The van der Waals surface area contributed by atoms with Gasteiger partial charge in [-0.25, -0.2) is 4.98 Å². The van der Waals surface area contributed by atoms with E-state index in [2.05, 4.69) is 10.3 Å². The highest BCUT2D eigenvalue weighted by atomic mass is 35.5. The average molecular weight is 507 g/mol. The lowest BCUT2D eigenvalue weighted by molar-refractivity contribution is -0.116. The van der Waals surface area contributed by atoms with Crippen LogP contribution in [0.2, 0.25) is 10.0 Å². The highest BCUT2D eigenvalue weighted by Crippen LogP contribution is 2.25. The molecule has 4 aromatic rings. The number of carbonyl (C=O) groups is 2. The summed E-state index contributed by atoms with van der Waals surface area (Å²) in [6.07, 6.45) is 1.88. The Balaban J connectivity index is 1.60. The highest BCUT2D eigenvalue weighted by molar-refractivity contribution is 6.36. The van der Waals surface area contributed by atoms with Gasteiger partial charge in [0.2, 0.25) is 11.9 Å². The van der Waals surface area contributed by atoms with Crippen LogP contribution >= 0.6 is 23.2 Å². The number of carbonyl (C=O) groups excluding carboxylic acids is 2. The second-order valence-corrected chi connectivity index (χ2v) is 8.86. The summed E-state index contributed by atoms with van der Waals surface area (Å²) in [7, 11) is 0. The number of nitrogens with zero attached hydrogens (tertiary/aromatic N) is 3. The van der Waals surface area contributed by atoms with Gasteiger partial charge in [-0.1, -0.05) is 65.7 Å². The number of nitrogens with one attached hydrogen (secondary N) is 1. The first-order chi connectivity index (χ1) is 16.9. The van der Waals surface area contributed by atoms with Crippen molar-refractivity contribution >= 4 is 41.0 Å². The molecule has 1 N–H and O–H groups in total. The lowest BCUT2D eigenvalue weighted by atomic mass is 10.2. The number of aryl methyl sites for hydroxylation is 1. The molecule has 0 bridgehead atoms. The number of rotatable bonds is 7. The molecule has 35 heavy (non-hydrogen) atoms. The van der Waals surface area contributed by atoms with Crippen LogP contribution in [-0.4, -0.2) is 39.4 Å². The summed E-state index contributed by atoms with van der Waals surface area (Å²) in [5.74, 6) is -0.354. The first-order valence-electron chi connectivity index (χ1n) is 11.1. The van der Waals surface area contributed by atoms with E-state index < -0.39 is 0 Å². The Bertz CT molecular complexity index is 1370. The van der Waals surface area contributed by atoms with E-state index in [1.165, 1.54) is 11.0 Å². The molecule has 6 nitrogen and oxygen atoms in total. The molecule has 8 heteroatoms. The van der Waals surface area contributed by atoms with Gasteiger partial charge in [0.15, 0.2) is 0 Å². The zero-order chi connectivity index (χ0) is 24.9. The van der Waals surface area contributed by atoms with E-state index in [4.69, 9.17) is 23.2 Å². The number of halogens is 2. The summed E-state index contributed by atoms with van der Waals surface area (Å²) >= 11 is 12.2. The third kappa shape index (κ3) is 5.73. The summed E-state index contributed by atoms with van der Waals surface area (Å²) in [5, 5.41) is 3.55. The molecule has 1 heterocycles. The van der Waals surface area contributed by atoms with Crippen LogP contribution in [0.15, 0.2) is 79.0 Å². The van der Waals surface area contributed by atoms with Crippen molar-refractivity contribution in [2.24, 2.45) is 0 Å². The molecule has 0 saturated carbocycles. The molecule has 178 valence electrons. The highest BCUT2D eigenvalue weighted by Gasteiger charge is 2.21. The SMILES string of the molecule is CCN(CC(=O)Nc1nc(-c2ccccc2)cn1-c1cccc(C)c1)C(=O)c1ccc(Cl)cc1Cl. The van der Waals surface area contributed by atoms with Crippen LogP contribution in [0.3, 0.4) is 0 Å². The van der Waals surface area contributed by atoms with Crippen LogP contribution in [-0.2, 0) is 4.79 Å². The van der Waals surface area contributed by atoms with Crippen LogP contribution in [0.25, 0.3) is 16.9 Å². The van der Waals surface area contributed by atoms with E-state index in [9.17, 15) is 9.59 Å². The van der Waals surface area contributed by atoms with E-state index in [1.54, 1.807) is 19.1 Å². The Labute approximate surface area is 214 Å². The molecule has 1 aromatic heterocycles. The molecule has 0 spiro atoms. The fourth-order valence-corrected chi connectivity index (χ4v) is 4.18. The number of hydrogen-bond donors (Lipinski definition) is 1. The molecule has 0 aliphatic rings. The smallest absolute Gasteiger partial charge is 0.255 e. The first kappa shape index (κ1) is 24.5. The zero-order valence-corrected chi connectivity index (χ0v) is 20.8. The van der Waals surface area contributed by atoms with Gasteiger partial charge in [0.25, 0.3) is 5.91 Å². The van der Waals surface area contributed by atoms with Gasteiger partial charge in [0.05, 0.1) is 16.3 Å². The maximum atomic E-state index is 13.0. The standard InChI is InChI=1S/C27H24Cl2N4O2/c1-3-32(26(35)22-13-12-20(28)15-23(22)29)17-25(34)31-27-30-24(19-9-5-4-6-10-19)16-33(27)21-11-7-8-18(2)14-21/h4-16H,3,17H2,1-2H3,(H,30,31,34). The van der Waals surface area contributed by atoms with Crippen molar-refractivity contribution in [2.75, 3.05) is 18.4 Å². The Morgan fingerprint density at radius 3 is 2.46 bits per heavy atom. The number of hydrogen-bond acceptors (Lipinski definition) is 3. The minimum Gasteiger partial charge on any atom is -0.330 e. The summed E-state index contributed by atoms with van der Waals surface area (Å²) in [4.78, 5) is 32.1. The summed E-state index contributed by atoms with van der Waals surface area (Å²) < 4.78 is 1.83. The monoisotopic (exact) mass is 506 g/mol. The third-order valence-corrected chi connectivity index (χ3v) is 6.02. The topological polar surface area (TPSA) is 67.2 Å². The van der Waals surface area contributed by atoms with Gasteiger partial charge in [-0.05, 0) is 49.7 Å². The summed E-state index contributed by atoms with van der Waals surface area (Å²) in [5.41, 5.74) is 3.89. The molecule has 0 unspecified atom stereocenters. The Kier molecular flexibility index (Phi) is 7.54. The minimum atomic E-state index is -0.371. The van der Waals surface area contributed by atoms with Crippen molar-refractivity contribution in [3.63, 3.8) is 0 Å². The van der Waals surface area contributed by atoms with Crippen molar-refractivity contribution in [3.8, 4) is 16.9 Å². The van der Waals surface area contributed by atoms with Gasteiger partial charge >= 0.3 is 0 Å². The maximum Gasteiger partial charge on any atom is 0.255 e. The molecule has 0 atom stereocenters. The fraction of sp³-hybridized carbons (Fsp3) is 0.148. The van der Waals surface area contributed by atoms with Gasteiger partial charge in [-0.2, -0.15) is 0 Å². The maximum absolute atomic E-state index is 13.0. The van der Waals surface area contributed by atoms with Crippen LogP contribution < -0.4 is 5.32 Å². The van der Waals surface area contributed by atoms with Gasteiger partial charge < -0.3 is 4.90 Å². The van der Waals surface area contributed by atoms with Crippen LogP contribution in [0, 0.1) is 6.92 Å². The Hall–Kier alpha value is -3.61. The van der Waals surface area contributed by atoms with Gasteiger partial charge in [-0.3, -0.25) is 19.5 Å². The van der Waals surface area contributed by atoms with Crippen molar-refractivity contribution in [2.45, 2.75) is 13.8 Å². The lowest BCUT2D eigenvalue weighted by Crippen LogP contribution is -2.38. The predicted octanol–water partition coefficient (Wildman–Crippen LogP) is 6.26. The van der Waals surface area contributed by atoms with Crippen LogP contribution in [0.1, 0.15) is 22.8 Å². The van der Waals surface area contributed by atoms with Crippen molar-refractivity contribution in [1.82, 2.24) is 14.5 Å². The third-order valence-electron chi connectivity index (χ3n) is 5.47. The number of anilines is 1. The molecule has 0 aliphatic carbocycles. The molecule has 0 saturated heterocycles. The van der Waals surface area contributed by atoms with Crippen molar-refractivity contribution in [3.05, 3.63) is 100 Å². The van der Waals surface area contributed by atoms with Crippen molar-refractivity contribution in [1.29, 1.82) is 0 Å². The number of aromatic nitrogens is 2. The number of amides is 2. The molecule has 0 fully saturated rings. The Morgan fingerprint density at radius 2 is 1.77 bits per heavy atom. The number of imidazole rings is 1. The number of likely N-dealkylation sites (N-methyl/N-ethyl adjacent to an activating group) is 1. The lowest BCUT2D eigenvalue weighted by Gasteiger charge is -2.21. The normalized spacial score (nSPS) is 10.7. The molecular formula is C27H24Cl2N4O2. The van der Waals surface area contributed by atoms with Gasteiger partial charge in [0.1, 0.15) is 6.54 Å². The van der Waals surface area contributed by atoms with E-state index in [1.807, 2.05) is 72.3 Å². The predicted molar refractivity (Wildman–Crippen MR) is 140 cm³/mol. The second-order valence-electron chi connectivity index (χ2n) is 8.02. The van der Waals surface area contributed by atoms with Gasteiger partial charge in [-0.15, -0.1) is 0 Å². The van der Waals surface area contributed by atoms with Gasteiger partial charge in [0, 0.05) is 29.0 Å². The second kappa shape index (κ2) is 10.8. The average Bonchev–Trinajstić information content (AvgIpc) is 3.26. The summed E-state index contributed by atoms with van der Waals surface area (Å²) in [6.45, 7) is 3.97. The molecule has 3 aromatic carbocycles. The minimum absolute atomic E-state index is 0.157. The first-order valence-corrected chi connectivity index (χ1v) is 11.9. The molecule has 0 aliphatic heterocycles. The molecule has 2 amide bonds. The quantitative estimate of drug-likeness (QED) is 0.321. The molecular weight excluding hydrogens is 483 g/mol. The Morgan fingerprint density at radius 1 is 1.00 bits per heavy atom. The zero-order valence-electron chi connectivity index (χ0n) is 19.3. The molecule has 4 rings (SSSR count). The number of benzene rings is 3. The summed E-state index contributed by atoms with van der Waals surface area (Å²) in [6, 6.07) is 22.3. The van der Waals surface area contributed by atoms with Crippen molar-refractivity contribution < 1.29 is 9.59 Å². The van der Waals surface area contributed by atoms with E-state index >= 15 is 0 Å². The molecule has 0 radical (unpaired) electrons. The fourth-order valence-electron chi connectivity index (χ4n) is 3.69. The van der Waals surface area contributed by atoms with Crippen LogP contribution in [0.4, 0.5) is 5.95 Å². The van der Waals surface area contributed by atoms with Crippen LogP contribution in [0.5, 0.6) is 0 Å².